The van der Waals surface area contributed by atoms with Crippen molar-refractivity contribution in [2.75, 3.05) is 0 Å². The molecule has 1 aliphatic rings. The van der Waals surface area contributed by atoms with E-state index in [1.165, 1.54) is 25.7 Å². The number of hydrogen-bond donors (Lipinski definition) is 0. The number of ether oxygens (including phenoxy) is 1. The Kier molecular flexibility index (Phi) is 10.1. The zero-order valence-corrected chi connectivity index (χ0v) is 20.2. The van der Waals surface area contributed by atoms with Crippen molar-refractivity contribution in [1.29, 1.82) is 0 Å². The molecule has 2 nitrogen and oxygen atoms in total. The average Bonchev–Trinajstić information content (AvgIpc) is 2.85. The summed E-state index contributed by atoms with van der Waals surface area (Å²) in [7, 11) is 0. The van der Waals surface area contributed by atoms with Crippen LogP contribution in [0, 0.1) is 35.5 Å². The molecule has 1 saturated carbocycles. The Bertz CT molecular complexity index is 985. The molecule has 1 aliphatic carbocycles. The quantitative estimate of drug-likeness (QED) is 0.192. The second kappa shape index (κ2) is 13.5. The van der Waals surface area contributed by atoms with Gasteiger partial charge in [0.2, 0.25) is 0 Å². The summed E-state index contributed by atoms with van der Waals surface area (Å²) in [6.07, 6.45) is 11.5. The number of benzene rings is 2. The SMILES string of the molecule is CCCC#Cc1ccc(C#Cc2ccc(OC(=O)C3CCC(CCCCC)CC3)cc2)cc1. The van der Waals surface area contributed by atoms with E-state index in [0.717, 1.165) is 61.1 Å². The van der Waals surface area contributed by atoms with Gasteiger partial charge < -0.3 is 4.74 Å². The first kappa shape index (κ1) is 24.7. The third-order valence-electron chi connectivity index (χ3n) is 6.31. The van der Waals surface area contributed by atoms with Crippen LogP contribution in [0.15, 0.2) is 48.5 Å². The lowest BCUT2D eigenvalue weighted by Gasteiger charge is -2.27. The van der Waals surface area contributed by atoms with Crippen molar-refractivity contribution in [1.82, 2.24) is 0 Å². The van der Waals surface area contributed by atoms with Gasteiger partial charge in [0.05, 0.1) is 5.92 Å². The van der Waals surface area contributed by atoms with Crippen LogP contribution in [0.4, 0.5) is 0 Å². The van der Waals surface area contributed by atoms with Crippen molar-refractivity contribution in [3.63, 3.8) is 0 Å². The fraction of sp³-hybridized carbons (Fsp3) is 0.452. The molecule has 0 N–H and O–H groups in total. The van der Waals surface area contributed by atoms with Gasteiger partial charge in [-0.25, -0.2) is 0 Å². The summed E-state index contributed by atoms with van der Waals surface area (Å²) in [6.45, 7) is 4.38. The van der Waals surface area contributed by atoms with Crippen molar-refractivity contribution in [2.45, 2.75) is 78.1 Å². The van der Waals surface area contributed by atoms with E-state index in [1.54, 1.807) is 0 Å². The monoisotopic (exact) mass is 440 g/mol. The van der Waals surface area contributed by atoms with Crippen LogP contribution in [0.5, 0.6) is 5.75 Å². The fourth-order valence-corrected chi connectivity index (χ4v) is 4.25. The zero-order chi connectivity index (χ0) is 23.3. The summed E-state index contributed by atoms with van der Waals surface area (Å²) in [6, 6.07) is 15.5. The van der Waals surface area contributed by atoms with Gasteiger partial charge in [0, 0.05) is 23.1 Å². The van der Waals surface area contributed by atoms with E-state index >= 15 is 0 Å². The molecule has 2 aromatic rings. The lowest BCUT2D eigenvalue weighted by atomic mass is 9.80. The Balaban J connectivity index is 1.47. The van der Waals surface area contributed by atoms with Crippen LogP contribution in [0.2, 0.25) is 0 Å². The molecule has 0 aliphatic heterocycles. The molecule has 2 aromatic carbocycles. The van der Waals surface area contributed by atoms with Crippen molar-refractivity contribution in [2.24, 2.45) is 11.8 Å². The van der Waals surface area contributed by atoms with Gasteiger partial charge in [0.1, 0.15) is 5.75 Å². The summed E-state index contributed by atoms with van der Waals surface area (Å²) < 4.78 is 5.66. The Hall–Kier alpha value is -2.97. The molecule has 0 saturated heterocycles. The Labute approximate surface area is 200 Å². The third-order valence-corrected chi connectivity index (χ3v) is 6.31. The van der Waals surface area contributed by atoms with Gasteiger partial charge in [0.15, 0.2) is 0 Å². The standard InChI is InChI=1S/C31H36O2/c1-3-5-7-9-25-11-13-27(14-12-25)15-16-28-19-23-30(24-20-28)33-31(32)29-21-17-26(18-22-29)10-8-6-4-2/h11-14,19-20,23-24,26,29H,3-6,8,10,17-18,21-22H2,1-2H3. The van der Waals surface area contributed by atoms with Crippen molar-refractivity contribution >= 4 is 5.97 Å². The molecule has 0 amide bonds. The highest BCUT2D eigenvalue weighted by Crippen LogP contribution is 2.33. The molecule has 0 bridgehead atoms. The lowest BCUT2D eigenvalue weighted by Crippen LogP contribution is -2.25. The Morgan fingerprint density at radius 2 is 1.36 bits per heavy atom. The van der Waals surface area contributed by atoms with E-state index in [1.807, 2.05) is 48.5 Å². The molecule has 2 heteroatoms. The summed E-state index contributed by atoms with van der Waals surface area (Å²) in [5, 5.41) is 0. The normalized spacial score (nSPS) is 17.3. The first-order valence-electron chi connectivity index (χ1n) is 12.6. The fourth-order valence-electron chi connectivity index (χ4n) is 4.25. The van der Waals surface area contributed by atoms with E-state index in [0.29, 0.717) is 5.75 Å². The first-order valence-corrected chi connectivity index (χ1v) is 12.6. The number of hydrogen-bond acceptors (Lipinski definition) is 2. The van der Waals surface area contributed by atoms with Crippen LogP contribution in [0.1, 0.15) is 94.7 Å². The van der Waals surface area contributed by atoms with Gasteiger partial charge in [-0.2, -0.15) is 0 Å². The molecule has 0 atom stereocenters. The summed E-state index contributed by atoms with van der Waals surface area (Å²) in [5.74, 6) is 14.0. The van der Waals surface area contributed by atoms with Crippen LogP contribution in [-0.2, 0) is 4.79 Å². The van der Waals surface area contributed by atoms with Crippen LogP contribution >= 0.6 is 0 Å². The first-order chi connectivity index (χ1) is 16.2. The van der Waals surface area contributed by atoms with Gasteiger partial charge in [-0.1, -0.05) is 63.2 Å². The maximum absolute atomic E-state index is 12.6. The minimum Gasteiger partial charge on any atom is -0.426 e. The maximum atomic E-state index is 12.6. The summed E-state index contributed by atoms with van der Waals surface area (Å²) in [4.78, 5) is 12.6. The number of carbonyl (C=O) groups excluding carboxylic acids is 1. The topological polar surface area (TPSA) is 26.3 Å². The van der Waals surface area contributed by atoms with Crippen LogP contribution in [0.25, 0.3) is 0 Å². The van der Waals surface area contributed by atoms with Crippen LogP contribution in [-0.4, -0.2) is 5.97 Å². The highest BCUT2D eigenvalue weighted by Gasteiger charge is 2.27. The van der Waals surface area contributed by atoms with E-state index in [9.17, 15) is 4.79 Å². The van der Waals surface area contributed by atoms with E-state index < -0.39 is 0 Å². The van der Waals surface area contributed by atoms with Crippen molar-refractivity contribution in [3.05, 3.63) is 65.2 Å². The molecule has 3 rings (SSSR count). The zero-order valence-electron chi connectivity index (χ0n) is 20.2. The highest BCUT2D eigenvalue weighted by molar-refractivity contribution is 5.75. The predicted molar refractivity (Wildman–Crippen MR) is 136 cm³/mol. The molecule has 0 unspecified atom stereocenters. The van der Waals surface area contributed by atoms with Gasteiger partial charge in [-0.15, -0.1) is 0 Å². The van der Waals surface area contributed by atoms with Gasteiger partial charge in [-0.05, 0) is 86.6 Å². The molecule has 0 spiro atoms. The Morgan fingerprint density at radius 1 is 0.788 bits per heavy atom. The second-order valence-electron chi connectivity index (χ2n) is 9.04. The largest absolute Gasteiger partial charge is 0.426 e. The van der Waals surface area contributed by atoms with Crippen molar-refractivity contribution < 1.29 is 9.53 Å². The minimum absolute atomic E-state index is 0.0431. The smallest absolute Gasteiger partial charge is 0.314 e. The third kappa shape index (κ3) is 8.47. The Morgan fingerprint density at radius 3 is 1.94 bits per heavy atom. The molecule has 0 aromatic heterocycles. The molecular formula is C31H36O2. The summed E-state index contributed by atoms with van der Waals surface area (Å²) >= 11 is 0. The molecule has 33 heavy (non-hydrogen) atoms. The predicted octanol–water partition coefficient (Wildman–Crippen LogP) is 7.53. The molecule has 172 valence electrons. The van der Waals surface area contributed by atoms with Gasteiger partial charge in [0.25, 0.3) is 0 Å². The van der Waals surface area contributed by atoms with Crippen LogP contribution < -0.4 is 4.74 Å². The van der Waals surface area contributed by atoms with Crippen molar-refractivity contribution in [3.8, 4) is 29.4 Å². The highest BCUT2D eigenvalue weighted by atomic mass is 16.5. The molecule has 0 heterocycles. The van der Waals surface area contributed by atoms with Crippen LogP contribution in [0.3, 0.4) is 0 Å². The van der Waals surface area contributed by atoms with E-state index in [4.69, 9.17) is 4.74 Å². The number of esters is 1. The molecular weight excluding hydrogens is 404 g/mol. The van der Waals surface area contributed by atoms with Gasteiger partial charge in [-0.3, -0.25) is 4.79 Å². The summed E-state index contributed by atoms with van der Waals surface area (Å²) in [5.41, 5.74) is 2.87. The lowest BCUT2D eigenvalue weighted by molar-refractivity contribution is -0.140. The van der Waals surface area contributed by atoms with E-state index in [2.05, 4.69) is 37.5 Å². The number of rotatable bonds is 7. The number of carbonyl (C=O) groups is 1. The van der Waals surface area contributed by atoms with E-state index in [-0.39, 0.29) is 11.9 Å². The second-order valence-corrected chi connectivity index (χ2v) is 9.04. The number of unbranched alkanes of at least 4 members (excludes halogenated alkanes) is 3. The molecule has 0 radical (unpaired) electrons. The van der Waals surface area contributed by atoms with Gasteiger partial charge >= 0.3 is 5.97 Å². The average molecular weight is 441 g/mol. The molecule has 1 fully saturated rings. The maximum Gasteiger partial charge on any atom is 0.314 e. The minimum atomic E-state index is -0.0806.